The van der Waals surface area contributed by atoms with E-state index in [0.717, 1.165) is 25.0 Å². The van der Waals surface area contributed by atoms with Crippen LogP contribution in [0.25, 0.3) is 0 Å². The standard InChI is InChI=1S/C24H34O7/c1-29-18-7-9-19(10-8-18)30-15-17(25)6-12-20-21-11-5-16(3-2-4-24(27)28)14-31-23(21)13-22(20)26/h6-10,12,16-17,20-23,25-26H,2-5,11,13-15H2,1H3,(H,27,28)/t16-,17+,20+,21+,22+,23-/m0/s1. The van der Waals surface area contributed by atoms with Gasteiger partial charge in [0.15, 0.2) is 0 Å². The summed E-state index contributed by atoms with van der Waals surface area (Å²) in [5.74, 6) is 1.17. The van der Waals surface area contributed by atoms with Gasteiger partial charge in [-0.25, -0.2) is 0 Å². The van der Waals surface area contributed by atoms with E-state index in [2.05, 4.69) is 0 Å². The number of aliphatic hydroxyl groups excluding tert-OH is 2. The number of fused-ring (bicyclic) bond motifs is 1. The average Bonchev–Trinajstić information content (AvgIpc) is 2.92. The lowest BCUT2D eigenvalue weighted by atomic mass is 9.86. The monoisotopic (exact) mass is 434 g/mol. The van der Waals surface area contributed by atoms with Crippen molar-refractivity contribution in [2.75, 3.05) is 20.3 Å². The molecule has 0 spiro atoms. The van der Waals surface area contributed by atoms with E-state index in [4.69, 9.17) is 19.3 Å². The Morgan fingerprint density at radius 1 is 1.26 bits per heavy atom. The summed E-state index contributed by atoms with van der Waals surface area (Å²) in [6, 6.07) is 7.17. The smallest absolute Gasteiger partial charge is 0.303 e. The molecule has 0 radical (unpaired) electrons. The van der Waals surface area contributed by atoms with Crippen LogP contribution in [0.5, 0.6) is 11.5 Å². The van der Waals surface area contributed by atoms with Crippen LogP contribution in [0.15, 0.2) is 36.4 Å². The van der Waals surface area contributed by atoms with Gasteiger partial charge in [-0.1, -0.05) is 12.2 Å². The van der Waals surface area contributed by atoms with Gasteiger partial charge in [0, 0.05) is 25.4 Å². The van der Waals surface area contributed by atoms with Crippen LogP contribution in [0, 0.1) is 17.8 Å². The Kier molecular flexibility index (Phi) is 8.75. The van der Waals surface area contributed by atoms with Crippen molar-refractivity contribution in [3.8, 4) is 11.5 Å². The highest BCUT2D eigenvalue weighted by Gasteiger charge is 2.43. The number of carboxylic acid groups (broad SMARTS) is 1. The lowest BCUT2D eigenvalue weighted by Crippen LogP contribution is -2.22. The summed E-state index contributed by atoms with van der Waals surface area (Å²) >= 11 is 0. The molecule has 0 amide bonds. The normalized spacial score (nSPS) is 29.3. The number of ether oxygens (including phenoxy) is 3. The van der Waals surface area contributed by atoms with Crippen molar-refractivity contribution >= 4 is 5.97 Å². The van der Waals surface area contributed by atoms with E-state index in [-0.39, 0.29) is 31.0 Å². The van der Waals surface area contributed by atoms with Crippen LogP contribution in [0.3, 0.4) is 0 Å². The third-order valence-corrected chi connectivity index (χ3v) is 6.38. The summed E-state index contributed by atoms with van der Waals surface area (Å²) in [6.45, 7) is 0.754. The average molecular weight is 435 g/mol. The number of benzene rings is 1. The lowest BCUT2D eigenvalue weighted by Gasteiger charge is -2.21. The first-order valence-corrected chi connectivity index (χ1v) is 11.1. The zero-order chi connectivity index (χ0) is 22.2. The SMILES string of the molecule is COc1ccc(OC[C@H](O)C=C[C@@H]2[C@H]3CC[C@H](CCCC(=O)O)CO[C@H]3C[C@H]2O)cc1. The molecule has 1 aromatic rings. The molecule has 0 bridgehead atoms. The van der Waals surface area contributed by atoms with Crippen molar-refractivity contribution in [2.45, 2.75) is 56.8 Å². The second-order valence-corrected chi connectivity index (χ2v) is 8.58. The molecule has 1 saturated heterocycles. The molecule has 6 atom stereocenters. The molecule has 1 aromatic carbocycles. The highest BCUT2D eigenvalue weighted by atomic mass is 16.5. The number of carbonyl (C=O) groups is 1. The van der Waals surface area contributed by atoms with E-state index in [1.807, 2.05) is 6.08 Å². The maximum Gasteiger partial charge on any atom is 0.303 e. The van der Waals surface area contributed by atoms with Crippen molar-refractivity contribution in [3.05, 3.63) is 36.4 Å². The minimum absolute atomic E-state index is 0.0156. The number of aliphatic hydroxyl groups is 2. The third kappa shape index (κ3) is 6.95. The van der Waals surface area contributed by atoms with Gasteiger partial charge in [0.25, 0.3) is 0 Å². The van der Waals surface area contributed by atoms with Gasteiger partial charge in [0.1, 0.15) is 24.2 Å². The highest BCUT2D eigenvalue weighted by Crippen LogP contribution is 2.42. The van der Waals surface area contributed by atoms with Crippen LogP contribution < -0.4 is 9.47 Å². The molecule has 1 heterocycles. The molecule has 3 rings (SSSR count). The first-order valence-electron chi connectivity index (χ1n) is 11.1. The Morgan fingerprint density at radius 2 is 2.00 bits per heavy atom. The van der Waals surface area contributed by atoms with E-state index < -0.39 is 18.2 Å². The van der Waals surface area contributed by atoms with Crippen LogP contribution in [0.1, 0.15) is 38.5 Å². The predicted octanol–water partition coefficient (Wildman–Crippen LogP) is 3.04. The number of carboxylic acids is 1. The minimum Gasteiger partial charge on any atom is -0.497 e. The minimum atomic E-state index is -0.774. The molecule has 2 fully saturated rings. The van der Waals surface area contributed by atoms with Crippen molar-refractivity contribution < 1.29 is 34.3 Å². The van der Waals surface area contributed by atoms with Crippen LogP contribution in [0.2, 0.25) is 0 Å². The van der Waals surface area contributed by atoms with Gasteiger partial charge in [0.2, 0.25) is 0 Å². The number of hydrogen-bond acceptors (Lipinski definition) is 6. The summed E-state index contributed by atoms with van der Waals surface area (Å²) in [5, 5.41) is 29.6. The molecule has 0 unspecified atom stereocenters. The van der Waals surface area contributed by atoms with E-state index >= 15 is 0 Å². The van der Waals surface area contributed by atoms with Crippen molar-refractivity contribution in [1.29, 1.82) is 0 Å². The van der Waals surface area contributed by atoms with Crippen LogP contribution in [-0.4, -0.2) is 59.9 Å². The molecule has 172 valence electrons. The van der Waals surface area contributed by atoms with E-state index in [9.17, 15) is 15.0 Å². The molecule has 1 saturated carbocycles. The molecule has 1 aliphatic carbocycles. The Bertz CT molecular complexity index is 717. The van der Waals surface area contributed by atoms with Crippen molar-refractivity contribution in [2.24, 2.45) is 17.8 Å². The molecule has 1 aliphatic heterocycles. The second kappa shape index (κ2) is 11.5. The molecule has 3 N–H and O–H groups in total. The van der Waals surface area contributed by atoms with Crippen molar-refractivity contribution in [1.82, 2.24) is 0 Å². The Hall–Kier alpha value is -2.09. The zero-order valence-electron chi connectivity index (χ0n) is 18.1. The number of methoxy groups -OCH3 is 1. The zero-order valence-corrected chi connectivity index (χ0v) is 18.1. The second-order valence-electron chi connectivity index (χ2n) is 8.58. The van der Waals surface area contributed by atoms with Gasteiger partial charge in [0.05, 0.1) is 19.3 Å². The summed E-state index contributed by atoms with van der Waals surface area (Å²) in [5.41, 5.74) is 0. The highest BCUT2D eigenvalue weighted by molar-refractivity contribution is 5.66. The fraction of sp³-hybridized carbons (Fsp3) is 0.625. The van der Waals surface area contributed by atoms with E-state index in [1.54, 1.807) is 37.5 Å². The molecule has 7 heteroatoms. The maximum absolute atomic E-state index is 10.7. The topological polar surface area (TPSA) is 105 Å². The van der Waals surface area contributed by atoms with Crippen LogP contribution in [0.4, 0.5) is 0 Å². The van der Waals surface area contributed by atoms with Crippen molar-refractivity contribution in [3.63, 3.8) is 0 Å². The number of aliphatic carboxylic acids is 1. The van der Waals surface area contributed by atoms with E-state index in [0.29, 0.717) is 31.1 Å². The van der Waals surface area contributed by atoms with Gasteiger partial charge in [-0.05, 0) is 61.8 Å². The summed E-state index contributed by atoms with van der Waals surface area (Å²) in [6.07, 6.45) is 6.61. The predicted molar refractivity (Wildman–Crippen MR) is 115 cm³/mol. The third-order valence-electron chi connectivity index (χ3n) is 6.38. The number of hydrogen-bond donors (Lipinski definition) is 3. The molecule has 7 nitrogen and oxygen atoms in total. The van der Waals surface area contributed by atoms with Gasteiger partial charge in [-0.15, -0.1) is 0 Å². The quantitative estimate of drug-likeness (QED) is 0.486. The Labute approximate surface area is 183 Å². The Morgan fingerprint density at radius 3 is 2.71 bits per heavy atom. The van der Waals surface area contributed by atoms with Gasteiger partial charge < -0.3 is 29.5 Å². The first kappa shape index (κ1) is 23.6. The largest absolute Gasteiger partial charge is 0.497 e. The molecule has 31 heavy (non-hydrogen) atoms. The van der Waals surface area contributed by atoms with Gasteiger partial charge >= 0.3 is 5.97 Å². The van der Waals surface area contributed by atoms with Crippen LogP contribution >= 0.6 is 0 Å². The first-order chi connectivity index (χ1) is 15.0. The van der Waals surface area contributed by atoms with E-state index in [1.165, 1.54) is 0 Å². The fourth-order valence-corrected chi connectivity index (χ4v) is 4.65. The Balaban J connectivity index is 1.48. The van der Waals surface area contributed by atoms with Gasteiger partial charge in [-0.3, -0.25) is 4.79 Å². The summed E-state index contributed by atoms with van der Waals surface area (Å²) in [7, 11) is 1.60. The van der Waals surface area contributed by atoms with Crippen LogP contribution in [-0.2, 0) is 9.53 Å². The number of rotatable bonds is 10. The maximum atomic E-state index is 10.7. The fourth-order valence-electron chi connectivity index (χ4n) is 4.65. The molecule has 0 aromatic heterocycles. The lowest BCUT2D eigenvalue weighted by molar-refractivity contribution is -0.137. The van der Waals surface area contributed by atoms with Gasteiger partial charge in [-0.2, -0.15) is 0 Å². The molecular weight excluding hydrogens is 400 g/mol. The summed E-state index contributed by atoms with van der Waals surface area (Å²) in [4.78, 5) is 10.7. The molecular formula is C24H34O7. The summed E-state index contributed by atoms with van der Waals surface area (Å²) < 4.78 is 16.8. The molecule has 2 aliphatic rings.